The van der Waals surface area contributed by atoms with Crippen molar-refractivity contribution in [1.29, 1.82) is 0 Å². The van der Waals surface area contributed by atoms with E-state index >= 15 is 0 Å². The molecule has 0 saturated heterocycles. The largest absolute Gasteiger partial charge is 0.389 e. The predicted octanol–water partition coefficient (Wildman–Crippen LogP) is 1.71. The summed E-state index contributed by atoms with van der Waals surface area (Å²) in [5.41, 5.74) is 11.4. The van der Waals surface area contributed by atoms with Crippen molar-refractivity contribution in [3.05, 3.63) is 34.9 Å². The molecule has 6 N–H and O–H groups in total. The van der Waals surface area contributed by atoms with Crippen LogP contribution in [0.2, 0.25) is 0 Å². The van der Waals surface area contributed by atoms with Crippen molar-refractivity contribution < 1.29 is 19.7 Å². The third kappa shape index (κ3) is 4.69. The second kappa shape index (κ2) is 9.06. The Balaban J connectivity index is 2.94. The number of carbonyl (C=O) groups is 1. The van der Waals surface area contributed by atoms with Gasteiger partial charge < -0.3 is 26.4 Å². The maximum atomic E-state index is 12.2. The van der Waals surface area contributed by atoms with Crippen molar-refractivity contribution in [1.82, 2.24) is 0 Å². The molecule has 0 aromatic rings. The summed E-state index contributed by atoms with van der Waals surface area (Å²) in [5.74, 6) is 0.0138. The zero-order chi connectivity index (χ0) is 20.1. The van der Waals surface area contributed by atoms with Gasteiger partial charge in [0.15, 0.2) is 5.78 Å². The lowest BCUT2D eigenvalue weighted by Crippen LogP contribution is -2.72. The minimum Gasteiger partial charge on any atom is -0.389 e. The Morgan fingerprint density at radius 1 is 1.46 bits per heavy atom. The molecule has 0 amide bonds. The Morgan fingerprint density at radius 3 is 2.62 bits per heavy atom. The van der Waals surface area contributed by atoms with E-state index in [2.05, 4.69) is 0 Å². The molecule has 0 bridgehead atoms. The molecular formula is C20H34N2O4. The van der Waals surface area contributed by atoms with Crippen molar-refractivity contribution in [2.75, 3.05) is 7.11 Å². The number of hydrogen-bond donors (Lipinski definition) is 4. The molecule has 3 unspecified atom stereocenters. The number of rotatable bonds is 8. The average molecular weight is 367 g/mol. The van der Waals surface area contributed by atoms with Crippen molar-refractivity contribution in [3.63, 3.8) is 0 Å². The second-order valence-electron chi connectivity index (χ2n) is 7.25. The molecule has 0 aromatic carbocycles. The molecule has 0 radical (unpaired) electrons. The van der Waals surface area contributed by atoms with Crippen LogP contribution in [0, 0.1) is 0 Å². The minimum absolute atomic E-state index is 0.0138. The van der Waals surface area contributed by atoms with Gasteiger partial charge in [-0.25, -0.2) is 0 Å². The predicted molar refractivity (Wildman–Crippen MR) is 103 cm³/mol. The number of allylic oxidation sites excluding steroid dienone is 4. The van der Waals surface area contributed by atoms with Crippen LogP contribution < -0.4 is 11.5 Å². The number of ketones is 1. The van der Waals surface area contributed by atoms with Gasteiger partial charge in [0.05, 0.1) is 12.2 Å². The summed E-state index contributed by atoms with van der Waals surface area (Å²) >= 11 is 0. The molecular weight excluding hydrogens is 332 g/mol. The molecule has 0 heterocycles. The highest BCUT2D eigenvalue weighted by molar-refractivity contribution is 5.94. The van der Waals surface area contributed by atoms with E-state index in [1.165, 1.54) is 7.11 Å². The van der Waals surface area contributed by atoms with Crippen molar-refractivity contribution in [2.45, 2.75) is 76.9 Å². The Labute approximate surface area is 156 Å². The van der Waals surface area contributed by atoms with E-state index in [0.717, 1.165) is 0 Å². The Morgan fingerprint density at radius 2 is 2.08 bits per heavy atom. The lowest BCUT2D eigenvalue weighted by atomic mass is 9.67. The number of carbonyl (C=O) groups excluding carboxylic acids is 1. The van der Waals surface area contributed by atoms with Crippen LogP contribution in [0.3, 0.4) is 0 Å². The van der Waals surface area contributed by atoms with E-state index in [1.807, 2.05) is 19.1 Å². The molecule has 0 saturated carbocycles. The number of ether oxygens (including phenoxy) is 1. The lowest BCUT2D eigenvalue weighted by molar-refractivity contribution is -0.116. The SMILES string of the molecule is CC=CC=C(C)C(=O)CCCC1(O)CC(O)C(C)=C(C(C)OC)C1(N)N. The van der Waals surface area contributed by atoms with Crippen molar-refractivity contribution in [3.8, 4) is 0 Å². The Kier molecular flexibility index (Phi) is 7.92. The first-order valence-electron chi connectivity index (χ1n) is 9.06. The van der Waals surface area contributed by atoms with Crippen LogP contribution in [0.25, 0.3) is 0 Å². The van der Waals surface area contributed by atoms with Crippen LogP contribution in [-0.2, 0) is 9.53 Å². The van der Waals surface area contributed by atoms with E-state index in [1.54, 1.807) is 26.8 Å². The first-order valence-corrected chi connectivity index (χ1v) is 9.06. The molecule has 0 aliphatic heterocycles. The minimum atomic E-state index is -1.54. The first kappa shape index (κ1) is 22.7. The van der Waals surface area contributed by atoms with E-state index in [4.69, 9.17) is 16.2 Å². The van der Waals surface area contributed by atoms with Gasteiger partial charge in [0, 0.05) is 20.0 Å². The fraction of sp³-hybridized carbons (Fsp3) is 0.650. The standard InChI is InChI=1S/C20H34N2O4/c1-6-7-9-13(2)16(23)10-8-11-19(25)12-17(24)14(3)18(15(4)26-5)20(19,21)22/h6-7,9,15,17,24-25H,8,10-12,21-22H2,1-5H3. The summed E-state index contributed by atoms with van der Waals surface area (Å²) in [5, 5.41) is 21.5. The summed E-state index contributed by atoms with van der Waals surface area (Å²) in [6.45, 7) is 7.18. The second-order valence-corrected chi connectivity index (χ2v) is 7.25. The van der Waals surface area contributed by atoms with Gasteiger partial charge >= 0.3 is 0 Å². The van der Waals surface area contributed by atoms with E-state index < -0.39 is 23.5 Å². The average Bonchev–Trinajstić information content (AvgIpc) is 2.57. The lowest BCUT2D eigenvalue weighted by Gasteiger charge is -2.50. The molecule has 26 heavy (non-hydrogen) atoms. The topological polar surface area (TPSA) is 119 Å². The Bertz CT molecular complexity index is 607. The van der Waals surface area contributed by atoms with Crippen LogP contribution in [0.15, 0.2) is 34.9 Å². The highest BCUT2D eigenvalue weighted by atomic mass is 16.5. The summed E-state index contributed by atoms with van der Waals surface area (Å²) < 4.78 is 5.34. The molecule has 0 aromatic heterocycles. The molecule has 0 fully saturated rings. The highest BCUT2D eigenvalue weighted by Gasteiger charge is 2.53. The smallest absolute Gasteiger partial charge is 0.158 e. The quantitative estimate of drug-likeness (QED) is 0.225. The van der Waals surface area contributed by atoms with Gasteiger partial charge in [0.2, 0.25) is 0 Å². The van der Waals surface area contributed by atoms with E-state index in [-0.39, 0.29) is 25.0 Å². The number of hydrogen-bond acceptors (Lipinski definition) is 6. The molecule has 1 aliphatic carbocycles. The van der Waals surface area contributed by atoms with Crippen LogP contribution in [0.1, 0.15) is 53.4 Å². The van der Waals surface area contributed by atoms with Crippen LogP contribution in [0.5, 0.6) is 0 Å². The number of nitrogens with two attached hydrogens (primary N) is 2. The van der Waals surface area contributed by atoms with Gasteiger partial charge in [0.1, 0.15) is 11.3 Å². The molecule has 6 heteroatoms. The third-order valence-corrected chi connectivity index (χ3v) is 5.40. The maximum Gasteiger partial charge on any atom is 0.158 e. The number of methoxy groups -OCH3 is 1. The molecule has 148 valence electrons. The van der Waals surface area contributed by atoms with E-state index in [9.17, 15) is 15.0 Å². The number of aliphatic hydroxyl groups excluding tert-OH is 1. The van der Waals surface area contributed by atoms with Crippen molar-refractivity contribution >= 4 is 5.78 Å². The molecule has 3 atom stereocenters. The first-order chi connectivity index (χ1) is 12.0. The highest BCUT2D eigenvalue weighted by Crippen LogP contribution is 2.41. The summed E-state index contributed by atoms with van der Waals surface area (Å²) in [4.78, 5) is 12.2. The summed E-state index contributed by atoms with van der Waals surface area (Å²) in [7, 11) is 1.53. The zero-order valence-electron chi connectivity index (χ0n) is 16.6. The van der Waals surface area contributed by atoms with Gasteiger partial charge in [-0.1, -0.05) is 18.2 Å². The number of Topliss-reactive ketones (excluding diaryl/α,β-unsaturated/α-hetero) is 1. The monoisotopic (exact) mass is 366 g/mol. The zero-order valence-corrected chi connectivity index (χ0v) is 16.6. The van der Waals surface area contributed by atoms with E-state index in [0.29, 0.717) is 23.1 Å². The van der Waals surface area contributed by atoms with Crippen LogP contribution >= 0.6 is 0 Å². The maximum absolute atomic E-state index is 12.2. The van der Waals surface area contributed by atoms with Crippen LogP contribution in [0.4, 0.5) is 0 Å². The van der Waals surface area contributed by atoms with Crippen molar-refractivity contribution in [2.24, 2.45) is 11.5 Å². The Hall–Kier alpha value is -1.31. The van der Waals surface area contributed by atoms with Crippen LogP contribution in [-0.4, -0.2) is 46.6 Å². The summed E-state index contributed by atoms with van der Waals surface area (Å²) in [6, 6.07) is 0. The fourth-order valence-corrected chi connectivity index (χ4v) is 3.55. The van der Waals surface area contributed by atoms with Gasteiger partial charge in [-0.3, -0.25) is 4.79 Å². The molecule has 1 aliphatic rings. The molecule has 1 rings (SSSR count). The van der Waals surface area contributed by atoms with Gasteiger partial charge in [-0.15, -0.1) is 0 Å². The number of aliphatic hydroxyl groups is 2. The summed E-state index contributed by atoms with van der Waals surface area (Å²) in [6.07, 6.45) is 5.11. The fourth-order valence-electron chi connectivity index (χ4n) is 3.55. The van der Waals surface area contributed by atoms with Gasteiger partial charge in [0.25, 0.3) is 0 Å². The molecule has 0 spiro atoms. The van der Waals surface area contributed by atoms with Gasteiger partial charge in [-0.05, 0) is 57.3 Å². The van der Waals surface area contributed by atoms with Gasteiger partial charge in [-0.2, -0.15) is 0 Å². The normalized spacial score (nSPS) is 27.9. The third-order valence-electron chi connectivity index (χ3n) is 5.40. The molecule has 6 nitrogen and oxygen atoms in total.